The van der Waals surface area contributed by atoms with Gasteiger partial charge in [-0.15, -0.1) is 12.3 Å². The fourth-order valence-corrected chi connectivity index (χ4v) is 1.70. The van der Waals surface area contributed by atoms with Gasteiger partial charge in [0.15, 0.2) is 11.2 Å². The molecule has 0 spiro atoms. The first-order valence-corrected chi connectivity index (χ1v) is 5.40. The summed E-state index contributed by atoms with van der Waals surface area (Å²) < 4.78 is 0. The molecule has 0 aromatic carbocycles. The highest BCUT2D eigenvalue weighted by Crippen LogP contribution is 2.14. The molecule has 0 fully saturated rings. The lowest BCUT2D eigenvalue weighted by Gasteiger charge is -2.11. The van der Waals surface area contributed by atoms with Gasteiger partial charge in [0.1, 0.15) is 5.69 Å². The molecule has 2 heterocycles. The first-order chi connectivity index (χ1) is 9.17. The van der Waals surface area contributed by atoms with Gasteiger partial charge in [-0.25, -0.2) is 15.9 Å². The fraction of sp³-hybridized carbons (Fsp3) is 0.273. The molecule has 2 rings (SSSR count). The summed E-state index contributed by atoms with van der Waals surface area (Å²) in [7, 11) is 0. The molecule has 8 heteroatoms. The molecule has 1 atom stereocenters. The van der Waals surface area contributed by atoms with Crippen LogP contribution in [0.2, 0.25) is 0 Å². The number of nitrogens with zero attached hydrogens (tertiary/aromatic N) is 2. The number of terminal acetylenes is 1. The zero-order chi connectivity index (χ0) is 13.8. The van der Waals surface area contributed by atoms with Gasteiger partial charge >= 0.3 is 0 Å². The van der Waals surface area contributed by atoms with Crippen LogP contribution in [0, 0.1) is 12.3 Å². The van der Waals surface area contributed by atoms with Crippen molar-refractivity contribution in [2.45, 2.75) is 12.3 Å². The number of nitrogens with one attached hydrogen (secondary N) is 2. The van der Waals surface area contributed by atoms with Gasteiger partial charge < -0.3 is 14.8 Å². The summed E-state index contributed by atoms with van der Waals surface area (Å²) in [6.07, 6.45) is 6.67. The first-order valence-electron chi connectivity index (χ1n) is 5.40. The van der Waals surface area contributed by atoms with E-state index in [1.54, 1.807) is 0 Å². The average Bonchev–Trinajstić information content (AvgIpc) is 2.39. The van der Waals surface area contributed by atoms with Crippen LogP contribution in [0.15, 0.2) is 15.9 Å². The van der Waals surface area contributed by atoms with Crippen LogP contribution < -0.4 is 17.0 Å². The minimum Gasteiger partial charge on any atom is -0.313 e. The van der Waals surface area contributed by atoms with Crippen molar-refractivity contribution in [2.24, 2.45) is 5.90 Å². The summed E-state index contributed by atoms with van der Waals surface area (Å²) in [6, 6.07) is 0. The van der Waals surface area contributed by atoms with Crippen LogP contribution in [0.4, 0.5) is 0 Å². The van der Waals surface area contributed by atoms with Crippen LogP contribution in [0.1, 0.15) is 18.0 Å². The molecule has 0 saturated heterocycles. The lowest BCUT2D eigenvalue weighted by atomic mass is 10.0. The van der Waals surface area contributed by atoms with Crippen molar-refractivity contribution < 1.29 is 4.84 Å². The summed E-state index contributed by atoms with van der Waals surface area (Å²) in [5.74, 6) is 6.97. The van der Waals surface area contributed by atoms with Gasteiger partial charge in [-0.3, -0.25) is 9.59 Å². The maximum Gasteiger partial charge on any atom is 0.276 e. The molecule has 0 bridgehead atoms. The molecule has 0 amide bonds. The van der Waals surface area contributed by atoms with E-state index >= 15 is 0 Å². The van der Waals surface area contributed by atoms with E-state index in [9.17, 15) is 9.59 Å². The van der Waals surface area contributed by atoms with Crippen molar-refractivity contribution in [3.05, 3.63) is 32.7 Å². The van der Waals surface area contributed by atoms with Crippen molar-refractivity contribution in [1.82, 2.24) is 19.9 Å². The molecule has 8 nitrogen and oxygen atoms in total. The maximum absolute atomic E-state index is 11.9. The summed E-state index contributed by atoms with van der Waals surface area (Å²) >= 11 is 0. The minimum atomic E-state index is -0.511. The maximum atomic E-state index is 11.9. The lowest BCUT2D eigenvalue weighted by Crippen LogP contribution is -2.25. The Morgan fingerprint density at radius 1 is 1.47 bits per heavy atom. The topological polar surface area (TPSA) is 127 Å². The quantitative estimate of drug-likeness (QED) is 0.478. The third-order valence-electron chi connectivity index (χ3n) is 2.58. The zero-order valence-corrected chi connectivity index (χ0v) is 9.84. The Labute approximate surface area is 107 Å². The second-order valence-electron chi connectivity index (χ2n) is 3.82. The number of hydrogen-bond acceptors (Lipinski definition) is 6. The summed E-state index contributed by atoms with van der Waals surface area (Å²) in [5.41, 5.74) is -0.677. The van der Waals surface area contributed by atoms with Crippen LogP contribution in [0.3, 0.4) is 0 Å². The van der Waals surface area contributed by atoms with E-state index in [1.807, 2.05) is 0 Å². The molecule has 0 saturated carbocycles. The Hall–Kier alpha value is -2.50. The molecule has 2 aromatic heterocycles. The van der Waals surface area contributed by atoms with Crippen LogP contribution >= 0.6 is 0 Å². The van der Waals surface area contributed by atoms with Crippen molar-refractivity contribution >= 4 is 11.2 Å². The van der Waals surface area contributed by atoms with Crippen LogP contribution in [-0.4, -0.2) is 26.5 Å². The van der Waals surface area contributed by atoms with Crippen LogP contribution in [0.25, 0.3) is 11.2 Å². The Kier molecular flexibility index (Phi) is 3.70. The van der Waals surface area contributed by atoms with Gasteiger partial charge in [0.05, 0.1) is 12.9 Å². The van der Waals surface area contributed by atoms with Gasteiger partial charge in [0.25, 0.3) is 11.1 Å². The smallest absolute Gasteiger partial charge is 0.276 e. The Bertz CT molecular complexity index is 742. The third kappa shape index (κ3) is 2.52. The van der Waals surface area contributed by atoms with E-state index in [0.717, 1.165) is 0 Å². The third-order valence-corrected chi connectivity index (χ3v) is 2.58. The number of hydrogen-bond donors (Lipinski definition) is 3. The molecule has 4 N–H and O–H groups in total. The molecule has 19 heavy (non-hydrogen) atoms. The predicted molar refractivity (Wildman–Crippen MR) is 67.1 cm³/mol. The van der Waals surface area contributed by atoms with Gasteiger partial charge in [-0.05, 0) is 0 Å². The second kappa shape index (κ2) is 5.43. The molecular formula is C11H11N5O3. The summed E-state index contributed by atoms with van der Waals surface area (Å²) in [6.45, 7) is 0.0506. The molecule has 0 radical (unpaired) electrons. The van der Waals surface area contributed by atoms with Crippen molar-refractivity contribution in [3.8, 4) is 12.3 Å². The highest BCUT2D eigenvalue weighted by Gasteiger charge is 2.18. The number of fused-ring (bicyclic) bond motifs is 1. The molecular weight excluding hydrogens is 250 g/mol. The van der Waals surface area contributed by atoms with Crippen molar-refractivity contribution in [1.29, 1.82) is 0 Å². The van der Waals surface area contributed by atoms with Crippen LogP contribution in [-0.2, 0) is 4.84 Å². The number of aromatic nitrogens is 4. The number of rotatable bonds is 4. The molecule has 0 aliphatic rings. The van der Waals surface area contributed by atoms with Crippen molar-refractivity contribution in [2.75, 3.05) is 6.61 Å². The van der Waals surface area contributed by atoms with E-state index in [-0.39, 0.29) is 29.9 Å². The van der Waals surface area contributed by atoms with Crippen molar-refractivity contribution in [3.63, 3.8) is 0 Å². The lowest BCUT2D eigenvalue weighted by molar-refractivity contribution is 0.122. The standard InChI is InChI=1S/C11H11N5O3/c1-2-3-6(4-19-12)7-11(18)16-8-9(15-7)13-5-14-10(8)17/h1,5-6H,3-4,12H2,(H,16,18)(H,13,14,15,17). The molecule has 98 valence electrons. The summed E-state index contributed by atoms with van der Waals surface area (Å²) in [5, 5.41) is 0. The zero-order valence-electron chi connectivity index (χ0n) is 9.84. The molecule has 0 aliphatic heterocycles. The van der Waals surface area contributed by atoms with Gasteiger partial charge in [0, 0.05) is 12.3 Å². The number of H-pyrrole nitrogens is 2. The second-order valence-corrected chi connectivity index (χ2v) is 3.82. The van der Waals surface area contributed by atoms with Crippen LogP contribution in [0.5, 0.6) is 0 Å². The van der Waals surface area contributed by atoms with Gasteiger partial charge in [0.2, 0.25) is 0 Å². The van der Waals surface area contributed by atoms with Gasteiger partial charge in [-0.2, -0.15) is 0 Å². The molecule has 1 unspecified atom stereocenters. The van der Waals surface area contributed by atoms with E-state index in [4.69, 9.17) is 12.3 Å². The SMILES string of the molecule is C#CCC(CON)c1nc2nc[nH]c(=O)c2[nH]c1=O. The van der Waals surface area contributed by atoms with Gasteiger partial charge in [-0.1, -0.05) is 0 Å². The molecule has 2 aromatic rings. The predicted octanol–water partition coefficient (Wildman–Crippen LogP) is -0.996. The van der Waals surface area contributed by atoms with E-state index in [2.05, 4.69) is 30.7 Å². The Morgan fingerprint density at radius 2 is 2.26 bits per heavy atom. The highest BCUT2D eigenvalue weighted by atomic mass is 16.6. The molecule has 0 aliphatic carbocycles. The Balaban J connectivity index is 2.61. The first kappa shape index (κ1) is 12.9. The fourth-order valence-electron chi connectivity index (χ4n) is 1.70. The average molecular weight is 261 g/mol. The number of aromatic amines is 2. The monoisotopic (exact) mass is 261 g/mol. The van der Waals surface area contributed by atoms with E-state index in [1.165, 1.54) is 6.33 Å². The normalized spacial score (nSPS) is 12.2. The largest absolute Gasteiger partial charge is 0.313 e. The number of nitrogens with two attached hydrogens (primary N) is 1. The Morgan fingerprint density at radius 3 is 2.95 bits per heavy atom. The minimum absolute atomic E-state index is 0.0179. The van der Waals surface area contributed by atoms with E-state index < -0.39 is 17.0 Å². The summed E-state index contributed by atoms with van der Waals surface area (Å²) in [4.78, 5) is 40.7. The highest BCUT2D eigenvalue weighted by molar-refractivity contribution is 5.67. The van der Waals surface area contributed by atoms with E-state index in [0.29, 0.717) is 0 Å².